The molecule has 0 bridgehead atoms. The molecule has 4 heteroatoms. The molecule has 1 aliphatic heterocycles. The quantitative estimate of drug-likeness (QED) is 0.846. The van der Waals surface area contributed by atoms with Gasteiger partial charge in [-0.1, -0.05) is 29.8 Å². The van der Waals surface area contributed by atoms with Gasteiger partial charge in [0.1, 0.15) is 0 Å². The average Bonchev–Trinajstić information content (AvgIpc) is 2.59. The predicted molar refractivity (Wildman–Crippen MR) is 66.8 cm³/mol. The average molecular weight is 228 g/mol. The monoisotopic (exact) mass is 228 g/mol. The molecule has 4 nitrogen and oxygen atoms in total. The highest BCUT2D eigenvalue weighted by molar-refractivity contribution is 5.55. The van der Waals surface area contributed by atoms with Crippen molar-refractivity contribution in [2.45, 2.75) is 12.8 Å². The lowest BCUT2D eigenvalue weighted by Gasteiger charge is -2.23. The minimum Gasteiger partial charge on any atom is -0.315 e. The van der Waals surface area contributed by atoms with Crippen LogP contribution in [0.1, 0.15) is 17.3 Å². The third kappa shape index (κ3) is 1.85. The van der Waals surface area contributed by atoms with Crippen molar-refractivity contribution in [1.82, 2.24) is 20.1 Å². The SMILES string of the molecule is Cc1ccc(-c2nc(C3CNC3)nn2C)cc1. The van der Waals surface area contributed by atoms with Crippen molar-refractivity contribution in [2.24, 2.45) is 7.05 Å². The van der Waals surface area contributed by atoms with Gasteiger partial charge in [0.05, 0.1) is 0 Å². The fourth-order valence-electron chi connectivity index (χ4n) is 2.00. The van der Waals surface area contributed by atoms with Crippen molar-refractivity contribution < 1.29 is 0 Å². The van der Waals surface area contributed by atoms with E-state index in [4.69, 9.17) is 0 Å². The van der Waals surface area contributed by atoms with Crippen LogP contribution in [0.25, 0.3) is 11.4 Å². The third-order valence-electron chi connectivity index (χ3n) is 3.24. The van der Waals surface area contributed by atoms with Crippen LogP contribution in [0.3, 0.4) is 0 Å². The summed E-state index contributed by atoms with van der Waals surface area (Å²) in [6, 6.07) is 8.41. The van der Waals surface area contributed by atoms with Crippen molar-refractivity contribution in [1.29, 1.82) is 0 Å². The number of aryl methyl sites for hydroxylation is 2. The first-order valence-electron chi connectivity index (χ1n) is 5.93. The van der Waals surface area contributed by atoms with E-state index >= 15 is 0 Å². The number of hydrogen-bond acceptors (Lipinski definition) is 3. The Morgan fingerprint density at radius 2 is 1.94 bits per heavy atom. The topological polar surface area (TPSA) is 42.7 Å². The van der Waals surface area contributed by atoms with Gasteiger partial charge >= 0.3 is 0 Å². The Hall–Kier alpha value is -1.68. The number of rotatable bonds is 2. The second kappa shape index (κ2) is 3.96. The molecule has 0 unspecified atom stereocenters. The van der Waals surface area contributed by atoms with Crippen molar-refractivity contribution in [2.75, 3.05) is 13.1 Å². The second-order valence-corrected chi connectivity index (χ2v) is 4.64. The molecule has 1 fully saturated rings. The molecule has 1 N–H and O–H groups in total. The summed E-state index contributed by atoms with van der Waals surface area (Å²) in [6.45, 7) is 4.08. The first kappa shape index (κ1) is 10.5. The highest BCUT2D eigenvalue weighted by Gasteiger charge is 2.24. The van der Waals surface area contributed by atoms with Gasteiger partial charge in [0.15, 0.2) is 11.6 Å². The molecule has 1 aromatic carbocycles. The molecule has 1 aliphatic rings. The molecule has 2 aromatic rings. The number of nitrogens with one attached hydrogen (secondary N) is 1. The zero-order valence-corrected chi connectivity index (χ0v) is 10.1. The highest BCUT2D eigenvalue weighted by atomic mass is 15.3. The summed E-state index contributed by atoms with van der Waals surface area (Å²) in [7, 11) is 1.96. The molecule has 0 spiro atoms. The van der Waals surface area contributed by atoms with Gasteiger partial charge in [-0.3, -0.25) is 0 Å². The minimum atomic E-state index is 0.486. The van der Waals surface area contributed by atoms with E-state index in [1.165, 1.54) is 5.56 Å². The van der Waals surface area contributed by atoms with Gasteiger partial charge in [-0.05, 0) is 6.92 Å². The Morgan fingerprint density at radius 1 is 1.24 bits per heavy atom. The van der Waals surface area contributed by atoms with E-state index < -0.39 is 0 Å². The largest absolute Gasteiger partial charge is 0.315 e. The zero-order chi connectivity index (χ0) is 11.8. The molecule has 0 amide bonds. The lowest BCUT2D eigenvalue weighted by Crippen LogP contribution is -2.40. The van der Waals surface area contributed by atoms with Crippen LogP contribution >= 0.6 is 0 Å². The Balaban J connectivity index is 1.96. The van der Waals surface area contributed by atoms with Gasteiger partial charge in [0.2, 0.25) is 0 Å². The van der Waals surface area contributed by atoms with Gasteiger partial charge in [0, 0.05) is 31.6 Å². The van der Waals surface area contributed by atoms with Crippen molar-refractivity contribution in [3.05, 3.63) is 35.7 Å². The summed E-state index contributed by atoms with van der Waals surface area (Å²) in [5, 5.41) is 7.74. The summed E-state index contributed by atoms with van der Waals surface area (Å²) in [5.41, 5.74) is 2.39. The number of hydrogen-bond donors (Lipinski definition) is 1. The lowest BCUT2D eigenvalue weighted by atomic mass is 10.0. The van der Waals surface area contributed by atoms with Crippen LogP contribution in [0.2, 0.25) is 0 Å². The number of benzene rings is 1. The maximum absolute atomic E-state index is 4.64. The lowest BCUT2D eigenvalue weighted by molar-refractivity contribution is 0.428. The highest BCUT2D eigenvalue weighted by Crippen LogP contribution is 2.21. The van der Waals surface area contributed by atoms with E-state index in [9.17, 15) is 0 Å². The van der Waals surface area contributed by atoms with Crippen LogP contribution in [0, 0.1) is 6.92 Å². The van der Waals surface area contributed by atoms with E-state index in [1.54, 1.807) is 0 Å². The fraction of sp³-hybridized carbons (Fsp3) is 0.385. The molecule has 1 aromatic heterocycles. The summed E-state index contributed by atoms with van der Waals surface area (Å²) >= 11 is 0. The third-order valence-corrected chi connectivity index (χ3v) is 3.24. The van der Waals surface area contributed by atoms with Crippen molar-refractivity contribution in [3.63, 3.8) is 0 Å². The molecule has 2 heterocycles. The maximum atomic E-state index is 4.64. The molecular formula is C13H16N4. The molecule has 0 aliphatic carbocycles. The van der Waals surface area contributed by atoms with Gasteiger partial charge in [-0.25, -0.2) is 9.67 Å². The van der Waals surface area contributed by atoms with E-state index in [2.05, 4.69) is 46.6 Å². The molecule has 88 valence electrons. The molecule has 3 rings (SSSR count). The second-order valence-electron chi connectivity index (χ2n) is 4.64. The first-order chi connectivity index (χ1) is 8.24. The van der Waals surface area contributed by atoms with Gasteiger partial charge in [0.25, 0.3) is 0 Å². The van der Waals surface area contributed by atoms with Crippen LogP contribution < -0.4 is 5.32 Å². The molecular weight excluding hydrogens is 212 g/mol. The number of nitrogens with zero attached hydrogens (tertiary/aromatic N) is 3. The van der Waals surface area contributed by atoms with E-state index in [1.807, 2.05) is 11.7 Å². The molecule has 0 atom stereocenters. The summed E-state index contributed by atoms with van der Waals surface area (Å²) in [5.74, 6) is 2.40. The fourth-order valence-corrected chi connectivity index (χ4v) is 2.00. The Bertz CT molecular complexity index is 523. The van der Waals surface area contributed by atoms with Crippen molar-refractivity contribution in [3.8, 4) is 11.4 Å². The maximum Gasteiger partial charge on any atom is 0.158 e. The van der Waals surface area contributed by atoms with E-state index in [-0.39, 0.29) is 0 Å². The summed E-state index contributed by atoms with van der Waals surface area (Å²) in [6.07, 6.45) is 0. The molecule has 1 saturated heterocycles. The van der Waals surface area contributed by atoms with Gasteiger partial charge < -0.3 is 5.32 Å². The standard InChI is InChI=1S/C13H16N4/c1-9-3-5-10(6-4-9)13-15-12(16-17(13)2)11-7-14-8-11/h3-6,11,14H,7-8H2,1-2H3. The number of aromatic nitrogens is 3. The normalized spacial score (nSPS) is 15.9. The Kier molecular flexibility index (Phi) is 2.44. The van der Waals surface area contributed by atoms with Crippen LogP contribution in [0.15, 0.2) is 24.3 Å². The van der Waals surface area contributed by atoms with Crippen LogP contribution in [-0.2, 0) is 7.05 Å². The van der Waals surface area contributed by atoms with Gasteiger partial charge in [-0.15, -0.1) is 0 Å². The minimum absolute atomic E-state index is 0.486. The summed E-state index contributed by atoms with van der Waals surface area (Å²) < 4.78 is 1.87. The zero-order valence-electron chi connectivity index (χ0n) is 10.1. The molecule has 0 radical (unpaired) electrons. The summed E-state index contributed by atoms with van der Waals surface area (Å²) in [4.78, 5) is 4.64. The van der Waals surface area contributed by atoms with Crippen LogP contribution in [0.5, 0.6) is 0 Å². The van der Waals surface area contributed by atoms with Crippen LogP contribution in [0.4, 0.5) is 0 Å². The Labute approximate surface area is 101 Å². The van der Waals surface area contributed by atoms with Gasteiger partial charge in [-0.2, -0.15) is 5.10 Å². The van der Waals surface area contributed by atoms with Crippen LogP contribution in [-0.4, -0.2) is 27.9 Å². The Morgan fingerprint density at radius 3 is 2.53 bits per heavy atom. The predicted octanol–water partition coefficient (Wildman–Crippen LogP) is 1.48. The molecule has 17 heavy (non-hydrogen) atoms. The van der Waals surface area contributed by atoms with Crippen molar-refractivity contribution >= 4 is 0 Å². The molecule has 0 saturated carbocycles. The first-order valence-corrected chi connectivity index (χ1v) is 5.93. The van der Waals surface area contributed by atoms with E-state index in [0.717, 1.165) is 30.3 Å². The smallest absolute Gasteiger partial charge is 0.158 e. The van der Waals surface area contributed by atoms with E-state index in [0.29, 0.717) is 5.92 Å².